The molecule has 2 aliphatic rings. The van der Waals surface area contributed by atoms with Crippen molar-refractivity contribution in [2.24, 2.45) is 18.9 Å². The van der Waals surface area contributed by atoms with Crippen LogP contribution in [-0.4, -0.2) is 34.7 Å². The van der Waals surface area contributed by atoms with Crippen LogP contribution in [0, 0.1) is 18.8 Å². The Morgan fingerprint density at radius 2 is 1.94 bits per heavy atom. The minimum atomic E-state index is 0.464. The van der Waals surface area contributed by atoms with Crippen LogP contribution >= 0.6 is 11.5 Å². The third kappa shape index (κ3) is 4.10. The maximum Gasteiger partial charge on any atom is 0.230 e. The summed E-state index contributed by atoms with van der Waals surface area (Å²) in [5, 5.41) is 12.4. The number of nitrogens with one attached hydrogen (secondary N) is 2. The van der Waals surface area contributed by atoms with Crippen molar-refractivity contribution in [3.8, 4) is 5.69 Å². The van der Waals surface area contributed by atoms with Gasteiger partial charge in [0, 0.05) is 25.5 Å². The second kappa shape index (κ2) is 8.44. The van der Waals surface area contributed by atoms with Gasteiger partial charge in [-0.25, -0.2) is 4.98 Å². The highest BCUT2D eigenvalue weighted by Gasteiger charge is 2.36. The normalized spacial score (nSPS) is 21.3. The quantitative estimate of drug-likeness (QED) is 0.397. The highest BCUT2D eigenvalue weighted by molar-refractivity contribution is 7.10. The summed E-state index contributed by atoms with van der Waals surface area (Å²) in [6, 6.07) is 4.53. The van der Waals surface area contributed by atoms with Gasteiger partial charge in [0.05, 0.1) is 23.1 Å². The van der Waals surface area contributed by atoms with Gasteiger partial charge in [0.15, 0.2) is 5.82 Å². The summed E-state index contributed by atoms with van der Waals surface area (Å²) in [5.41, 5.74) is 3.90. The summed E-state index contributed by atoms with van der Waals surface area (Å²) < 4.78 is 8.31. The molecule has 0 aliphatic heterocycles. The molecule has 0 spiro atoms. The first-order chi connectivity index (χ1) is 16.1. The summed E-state index contributed by atoms with van der Waals surface area (Å²) in [5.74, 6) is 3.27. The van der Waals surface area contributed by atoms with E-state index in [1.54, 1.807) is 0 Å². The van der Waals surface area contributed by atoms with Gasteiger partial charge in [-0.1, -0.05) is 32.1 Å². The summed E-state index contributed by atoms with van der Waals surface area (Å²) in [6.07, 6.45) is 15.5. The van der Waals surface area contributed by atoms with E-state index in [-0.39, 0.29) is 0 Å². The molecule has 0 bridgehead atoms. The van der Waals surface area contributed by atoms with Gasteiger partial charge < -0.3 is 15.2 Å². The van der Waals surface area contributed by atoms with Crippen LogP contribution < -0.4 is 10.6 Å². The minimum Gasteiger partial charge on any atom is -0.365 e. The number of hydrogen-bond donors (Lipinski definition) is 2. The number of nitrogens with zero attached hydrogens (tertiary/aromatic N) is 6. The van der Waals surface area contributed by atoms with Crippen molar-refractivity contribution in [1.82, 2.24) is 28.7 Å². The topological polar surface area (TPSA) is 85.5 Å². The molecule has 4 aromatic heterocycles. The lowest BCUT2D eigenvalue weighted by Gasteiger charge is -2.42. The molecule has 2 aliphatic carbocycles. The van der Waals surface area contributed by atoms with Crippen molar-refractivity contribution in [1.29, 1.82) is 0 Å². The second-order valence-corrected chi connectivity index (χ2v) is 10.4. The molecular weight excluding hydrogens is 432 g/mol. The average Bonchev–Trinajstić information content (AvgIpc) is 3.51. The Labute approximate surface area is 197 Å². The Balaban J connectivity index is 1.30. The van der Waals surface area contributed by atoms with Gasteiger partial charge in [0.1, 0.15) is 10.5 Å². The lowest BCUT2D eigenvalue weighted by molar-refractivity contribution is 0.147. The maximum absolute atomic E-state index is 4.93. The minimum absolute atomic E-state index is 0.464. The molecule has 0 atom stereocenters. The molecule has 6 rings (SSSR count). The summed E-state index contributed by atoms with van der Waals surface area (Å²) in [4.78, 5) is 9.73. The van der Waals surface area contributed by atoms with E-state index in [1.165, 1.54) is 56.5 Å². The Bertz CT molecular complexity index is 1260. The molecular formula is C24H30N8S. The van der Waals surface area contributed by atoms with Crippen LogP contribution in [0.15, 0.2) is 30.7 Å². The van der Waals surface area contributed by atoms with Crippen molar-refractivity contribution in [3.05, 3.63) is 36.4 Å². The number of aromatic nitrogens is 6. The molecule has 172 valence electrons. The zero-order valence-corrected chi connectivity index (χ0v) is 20.0. The van der Waals surface area contributed by atoms with Crippen LogP contribution in [0.3, 0.4) is 0 Å². The van der Waals surface area contributed by atoms with Crippen LogP contribution in [0.25, 0.3) is 16.7 Å². The summed E-state index contributed by atoms with van der Waals surface area (Å²) in [6.45, 7) is 1.99. The molecule has 2 saturated carbocycles. The van der Waals surface area contributed by atoms with E-state index in [4.69, 9.17) is 9.97 Å². The predicted octanol–water partition coefficient (Wildman–Crippen LogP) is 5.43. The first-order valence-electron chi connectivity index (χ1n) is 12.0. The van der Waals surface area contributed by atoms with Gasteiger partial charge in [-0.2, -0.15) is 14.5 Å². The van der Waals surface area contributed by atoms with Crippen molar-refractivity contribution in [2.45, 2.75) is 57.9 Å². The molecule has 2 N–H and O–H groups in total. The lowest BCUT2D eigenvalue weighted by Crippen LogP contribution is -2.40. The Morgan fingerprint density at radius 1 is 1.09 bits per heavy atom. The Morgan fingerprint density at radius 3 is 2.67 bits per heavy atom. The van der Waals surface area contributed by atoms with Gasteiger partial charge in [0.2, 0.25) is 5.95 Å². The monoisotopic (exact) mass is 462 g/mol. The van der Waals surface area contributed by atoms with Crippen LogP contribution in [0.1, 0.15) is 50.6 Å². The van der Waals surface area contributed by atoms with Crippen LogP contribution in [0.5, 0.6) is 0 Å². The number of anilines is 3. The fourth-order valence-corrected chi connectivity index (χ4v) is 6.10. The molecule has 2 fully saturated rings. The van der Waals surface area contributed by atoms with Gasteiger partial charge in [-0.05, 0) is 55.3 Å². The standard InChI is InChI=1S/C24H30N8S/c1-15-10-21(33-30-15)28-24-27-20-8-9-32(19-13-25-31(2)14-19)22(20)23(29-24)26-18-11-17(12-18)16-6-4-3-5-7-16/h8-10,13-14,16-18H,3-7,11-12H2,1-2H3,(H2,26,27,28,29). The van der Waals surface area contributed by atoms with Crippen LogP contribution in [0.2, 0.25) is 0 Å². The molecule has 8 nitrogen and oxygen atoms in total. The van der Waals surface area contributed by atoms with E-state index in [2.05, 4.69) is 24.7 Å². The molecule has 0 unspecified atom stereocenters. The zero-order chi connectivity index (χ0) is 22.4. The van der Waals surface area contributed by atoms with E-state index in [9.17, 15) is 0 Å². The predicted molar refractivity (Wildman–Crippen MR) is 132 cm³/mol. The zero-order valence-electron chi connectivity index (χ0n) is 19.2. The fraction of sp³-hybridized carbons (Fsp3) is 0.500. The highest BCUT2D eigenvalue weighted by Crippen LogP contribution is 2.42. The van der Waals surface area contributed by atoms with E-state index in [0.29, 0.717) is 12.0 Å². The molecule has 4 heterocycles. The molecule has 0 saturated heterocycles. The Kier molecular flexibility index (Phi) is 5.28. The molecule has 0 aromatic carbocycles. The largest absolute Gasteiger partial charge is 0.365 e. The van der Waals surface area contributed by atoms with Crippen molar-refractivity contribution in [2.75, 3.05) is 10.6 Å². The van der Waals surface area contributed by atoms with E-state index >= 15 is 0 Å². The van der Waals surface area contributed by atoms with E-state index in [0.717, 1.165) is 45.1 Å². The van der Waals surface area contributed by atoms with Crippen LogP contribution in [0.4, 0.5) is 16.8 Å². The first-order valence-corrected chi connectivity index (χ1v) is 12.7. The van der Waals surface area contributed by atoms with E-state index in [1.807, 2.05) is 49.4 Å². The van der Waals surface area contributed by atoms with Gasteiger partial charge in [-0.15, -0.1) is 0 Å². The second-order valence-electron chi connectivity index (χ2n) is 9.62. The smallest absolute Gasteiger partial charge is 0.230 e. The molecule has 4 aromatic rings. The molecule has 0 radical (unpaired) electrons. The number of hydrogen-bond acceptors (Lipinski definition) is 7. The van der Waals surface area contributed by atoms with Crippen molar-refractivity contribution in [3.63, 3.8) is 0 Å². The van der Waals surface area contributed by atoms with Crippen LogP contribution in [-0.2, 0) is 7.05 Å². The number of fused-ring (bicyclic) bond motifs is 1. The SMILES string of the molecule is Cc1cc(Nc2nc(NC3CC(C4CCCCC4)C3)c3c(ccn3-c3cnn(C)c3)n2)sn1. The van der Waals surface area contributed by atoms with Gasteiger partial charge >= 0.3 is 0 Å². The molecule has 33 heavy (non-hydrogen) atoms. The summed E-state index contributed by atoms with van der Waals surface area (Å²) in [7, 11) is 1.93. The number of aryl methyl sites for hydroxylation is 2. The lowest BCUT2D eigenvalue weighted by atomic mass is 9.67. The maximum atomic E-state index is 4.93. The van der Waals surface area contributed by atoms with Crippen molar-refractivity contribution >= 4 is 39.3 Å². The highest BCUT2D eigenvalue weighted by atomic mass is 32.1. The van der Waals surface area contributed by atoms with Gasteiger partial charge in [0.25, 0.3) is 0 Å². The molecule has 0 amide bonds. The third-order valence-electron chi connectivity index (χ3n) is 7.20. The van der Waals surface area contributed by atoms with Crippen molar-refractivity contribution < 1.29 is 0 Å². The van der Waals surface area contributed by atoms with E-state index < -0.39 is 0 Å². The summed E-state index contributed by atoms with van der Waals surface area (Å²) >= 11 is 1.43. The Hall–Kier alpha value is -2.94. The van der Waals surface area contributed by atoms with Gasteiger partial charge in [-0.3, -0.25) is 4.68 Å². The molecule has 9 heteroatoms. The fourth-order valence-electron chi connectivity index (χ4n) is 5.45. The first kappa shape index (κ1) is 20.7. The average molecular weight is 463 g/mol. The third-order valence-corrected chi connectivity index (χ3v) is 7.99. The number of rotatable bonds is 6.